The molecule has 1 saturated heterocycles. The summed E-state index contributed by atoms with van der Waals surface area (Å²) < 4.78 is 5.52. The average molecular weight is 428 g/mol. The molecule has 2 aliphatic heterocycles. The monoisotopic (exact) mass is 427 g/mol. The number of para-hydroxylation sites is 2. The van der Waals surface area contributed by atoms with Crippen LogP contribution in [0.3, 0.4) is 0 Å². The Labute approximate surface area is 186 Å². The maximum atomic E-state index is 12.3. The number of likely N-dealkylation sites (tertiary alicyclic amines) is 1. The van der Waals surface area contributed by atoms with Gasteiger partial charge in [0.15, 0.2) is 12.6 Å². The summed E-state index contributed by atoms with van der Waals surface area (Å²) in [4.78, 5) is 21.3. The zero-order valence-electron chi connectivity index (χ0n) is 18.8. The lowest BCUT2D eigenvalue weighted by Gasteiger charge is -2.40. The molecule has 0 spiro atoms. The van der Waals surface area contributed by atoms with Gasteiger partial charge in [-0.2, -0.15) is 0 Å². The zero-order chi connectivity index (χ0) is 21.5. The van der Waals surface area contributed by atoms with E-state index in [9.17, 15) is 4.79 Å². The number of hydrogen-bond donors (Lipinski definition) is 2. The van der Waals surface area contributed by atoms with Crippen molar-refractivity contribution in [3.8, 4) is 5.75 Å². The van der Waals surface area contributed by atoms with Gasteiger partial charge in [0, 0.05) is 38.8 Å². The number of hydrogen-bond acceptors (Lipinski definition) is 4. The van der Waals surface area contributed by atoms with E-state index in [1.165, 1.54) is 51.5 Å². The van der Waals surface area contributed by atoms with Crippen LogP contribution in [0, 0.1) is 0 Å². The van der Waals surface area contributed by atoms with Gasteiger partial charge in [-0.1, -0.05) is 31.4 Å². The van der Waals surface area contributed by atoms with E-state index in [2.05, 4.69) is 20.5 Å². The Hall–Kier alpha value is -2.28. The Morgan fingerprint density at radius 2 is 2.00 bits per heavy atom. The van der Waals surface area contributed by atoms with Gasteiger partial charge in [0.2, 0.25) is 0 Å². The van der Waals surface area contributed by atoms with Crippen molar-refractivity contribution in [1.29, 1.82) is 0 Å². The number of carbonyl (C=O) groups is 1. The van der Waals surface area contributed by atoms with Crippen molar-refractivity contribution in [1.82, 2.24) is 15.5 Å². The number of fused-ring (bicyclic) bond motifs is 1. The van der Waals surface area contributed by atoms with Gasteiger partial charge in [0.05, 0.1) is 5.69 Å². The van der Waals surface area contributed by atoms with Crippen molar-refractivity contribution in [2.24, 2.45) is 4.99 Å². The molecule has 1 aromatic carbocycles. The number of piperidine rings is 1. The predicted molar refractivity (Wildman–Crippen MR) is 125 cm³/mol. The molecule has 1 aromatic rings. The number of amides is 1. The van der Waals surface area contributed by atoms with Crippen molar-refractivity contribution in [3.05, 3.63) is 24.3 Å². The van der Waals surface area contributed by atoms with Crippen LogP contribution in [0.25, 0.3) is 0 Å². The maximum absolute atomic E-state index is 12.3. The maximum Gasteiger partial charge on any atom is 0.265 e. The van der Waals surface area contributed by atoms with E-state index in [1.807, 2.05) is 36.2 Å². The predicted octanol–water partition coefficient (Wildman–Crippen LogP) is 2.76. The molecule has 2 fully saturated rings. The number of ether oxygens (including phenoxy) is 1. The van der Waals surface area contributed by atoms with E-state index in [4.69, 9.17) is 4.74 Å². The molecule has 2 heterocycles. The van der Waals surface area contributed by atoms with Gasteiger partial charge in [0.25, 0.3) is 5.91 Å². The molecule has 0 aromatic heterocycles. The molecule has 170 valence electrons. The minimum atomic E-state index is 0.0196. The van der Waals surface area contributed by atoms with Crippen LogP contribution in [0.5, 0.6) is 5.75 Å². The van der Waals surface area contributed by atoms with Crippen LogP contribution >= 0.6 is 0 Å². The Morgan fingerprint density at radius 1 is 1.16 bits per heavy atom. The summed E-state index contributed by atoms with van der Waals surface area (Å²) in [7, 11) is 1.83. The van der Waals surface area contributed by atoms with Gasteiger partial charge in [-0.05, 0) is 50.8 Å². The number of anilines is 1. The Morgan fingerprint density at radius 3 is 2.84 bits per heavy atom. The summed E-state index contributed by atoms with van der Waals surface area (Å²) in [6.45, 7) is 3.91. The summed E-state index contributed by atoms with van der Waals surface area (Å²) >= 11 is 0. The van der Waals surface area contributed by atoms with Crippen LogP contribution in [0.2, 0.25) is 0 Å². The van der Waals surface area contributed by atoms with Gasteiger partial charge in [0.1, 0.15) is 5.75 Å². The normalized spacial score (nSPS) is 23.3. The smallest absolute Gasteiger partial charge is 0.265 e. The summed E-state index contributed by atoms with van der Waals surface area (Å²) in [6.07, 6.45) is 10.2. The van der Waals surface area contributed by atoms with Crippen LogP contribution in [0.15, 0.2) is 29.3 Å². The highest BCUT2D eigenvalue weighted by atomic mass is 16.5. The van der Waals surface area contributed by atoms with Crippen LogP contribution < -0.4 is 20.3 Å². The quantitative estimate of drug-likeness (QED) is 0.415. The van der Waals surface area contributed by atoms with Crippen molar-refractivity contribution >= 4 is 17.6 Å². The lowest BCUT2D eigenvalue weighted by molar-refractivity contribution is -0.121. The lowest BCUT2D eigenvalue weighted by Crippen LogP contribution is -2.53. The highest BCUT2D eigenvalue weighted by Crippen LogP contribution is 2.31. The number of benzene rings is 1. The fourth-order valence-corrected chi connectivity index (χ4v) is 5.13. The summed E-state index contributed by atoms with van der Waals surface area (Å²) in [6, 6.07) is 8.97. The number of carbonyl (C=O) groups excluding carboxylic acids is 1. The van der Waals surface area contributed by atoms with Crippen molar-refractivity contribution < 1.29 is 9.53 Å². The number of nitrogens with zero attached hydrogens (tertiary/aromatic N) is 3. The third kappa shape index (κ3) is 5.70. The lowest BCUT2D eigenvalue weighted by atomic mass is 9.92. The first kappa shape index (κ1) is 21.9. The molecule has 0 bridgehead atoms. The third-order valence-electron chi connectivity index (χ3n) is 6.77. The first-order valence-electron chi connectivity index (χ1n) is 12.0. The first-order chi connectivity index (χ1) is 15.2. The highest BCUT2D eigenvalue weighted by molar-refractivity contribution is 5.97. The second-order valence-electron chi connectivity index (χ2n) is 8.92. The van der Waals surface area contributed by atoms with Gasteiger partial charge < -0.3 is 20.3 Å². The van der Waals surface area contributed by atoms with Crippen molar-refractivity contribution in [2.45, 2.75) is 63.5 Å². The van der Waals surface area contributed by atoms with Gasteiger partial charge >= 0.3 is 0 Å². The molecule has 1 atom stereocenters. The topological polar surface area (TPSA) is 69.2 Å². The summed E-state index contributed by atoms with van der Waals surface area (Å²) in [5.41, 5.74) is 0.867. The van der Waals surface area contributed by atoms with Gasteiger partial charge in [-0.3, -0.25) is 14.7 Å². The van der Waals surface area contributed by atoms with E-state index in [1.54, 1.807) is 0 Å². The minimum absolute atomic E-state index is 0.0196. The Bertz CT molecular complexity index is 762. The van der Waals surface area contributed by atoms with Crippen molar-refractivity contribution in [3.63, 3.8) is 0 Å². The van der Waals surface area contributed by atoms with Gasteiger partial charge in [-0.15, -0.1) is 0 Å². The van der Waals surface area contributed by atoms with Gasteiger partial charge in [-0.25, -0.2) is 0 Å². The van der Waals surface area contributed by atoms with Crippen LogP contribution in [0.4, 0.5) is 5.69 Å². The highest BCUT2D eigenvalue weighted by Gasteiger charge is 2.27. The van der Waals surface area contributed by atoms with E-state index in [-0.39, 0.29) is 12.5 Å². The molecule has 7 nitrogen and oxygen atoms in total. The molecule has 2 N–H and O–H groups in total. The molecule has 1 saturated carbocycles. The van der Waals surface area contributed by atoms with E-state index in [0.29, 0.717) is 12.6 Å². The fourth-order valence-electron chi connectivity index (χ4n) is 5.13. The molecule has 1 aliphatic carbocycles. The number of nitrogens with one attached hydrogen (secondary N) is 2. The summed E-state index contributed by atoms with van der Waals surface area (Å²) in [5.74, 6) is 1.67. The number of guanidine groups is 1. The largest absolute Gasteiger partial charge is 0.482 e. The average Bonchev–Trinajstić information content (AvgIpc) is 2.83. The SMILES string of the molecule is CN=C(NCCCN1C(=O)COc2ccccc21)NC1CCCN(C2CCCCC2)C1. The molecule has 31 heavy (non-hydrogen) atoms. The fraction of sp³-hybridized carbons (Fsp3) is 0.667. The zero-order valence-corrected chi connectivity index (χ0v) is 18.8. The minimum Gasteiger partial charge on any atom is -0.482 e. The third-order valence-corrected chi connectivity index (χ3v) is 6.77. The van der Waals surface area contributed by atoms with E-state index >= 15 is 0 Å². The standard InChI is InChI=1S/C24H37N5O2/c1-25-24(27-19-9-7-15-28(17-19)20-10-3-2-4-11-20)26-14-8-16-29-21-12-5-6-13-22(21)31-18-23(29)30/h5-6,12-13,19-20H,2-4,7-11,14-18H2,1H3,(H2,25,26,27). The molecular formula is C24H37N5O2. The van der Waals surface area contributed by atoms with Crippen LogP contribution in [-0.2, 0) is 4.79 Å². The summed E-state index contributed by atoms with van der Waals surface area (Å²) in [5, 5.41) is 7.07. The van der Waals surface area contributed by atoms with E-state index < -0.39 is 0 Å². The molecule has 1 unspecified atom stereocenters. The Kier molecular flexibility index (Phi) is 7.67. The second-order valence-corrected chi connectivity index (χ2v) is 8.92. The molecule has 3 aliphatic rings. The second kappa shape index (κ2) is 10.8. The van der Waals surface area contributed by atoms with Crippen LogP contribution in [-0.4, -0.2) is 68.7 Å². The molecule has 7 heteroatoms. The molecule has 4 rings (SSSR count). The van der Waals surface area contributed by atoms with Crippen molar-refractivity contribution in [2.75, 3.05) is 44.7 Å². The Balaban J connectivity index is 1.22. The van der Waals surface area contributed by atoms with Crippen LogP contribution in [0.1, 0.15) is 51.4 Å². The molecular weight excluding hydrogens is 390 g/mol. The van der Waals surface area contributed by atoms with E-state index in [0.717, 1.165) is 42.9 Å². The number of rotatable bonds is 6. The first-order valence-corrected chi connectivity index (χ1v) is 12.0. The number of aliphatic imine (C=N–C) groups is 1. The molecule has 1 amide bonds. The molecule has 0 radical (unpaired) electrons.